The number of phenolic OH excluding ortho intramolecular Hbond substituents is 4. The Balaban J connectivity index is 1.42. The van der Waals surface area contributed by atoms with Crippen LogP contribution in [0.5, 0.6) is 23.0 Å². The smallest absolute Gasteiger partial charge is 0.165 e. The van der Waals surface area contributed by atoms with Gasteiger partial charge in [0.1, 0.15) is 23.0 Å². The molecule has 0 spiro atoms. The lowest BCUT2D eigenvalue weighted by molar-refractivity contribution is 0.0881. The Hall–Kier alpha value is -5.07. The first-order valence-corrected chi connectivity index (χ1v) is 14.8. The largest absolute Gasteiger partial charge is 0.507 e. The molecule has 44 heavy (non-hydrogen) atoms. The van der Waals surface area contributed by atoms with E-state index in [-0.39, 0.29) is 54.5 Å². The van der Waals surface area contributed by atoms with Crippen LogP contribution in [0.2, 0.25) is 0 Å². The Morgan fingerprint density at radius 2 is 0.886 bits per heavy atom. The number of ketones is 1. The van der Waals surface area contributed by atoms with E-state index in [1.165, 1.54) is 0 Å². The van der Waals surface area contributed by atoms with Crippen molar-refractivity contribution in [3.05, 3.63) is 153 Å². The molecule has 0 saturated carbocycles. The highest BCUT2D eigenvalue weighted by molar-refractivity contribution is 5.96. The Morgan fingerprint density at radius 3 is 1.30 bits per heavy atom. The molecule has 0 radical (unpaired) electrons. The third-order valence-corrected chi connectivity index (χ3v) is 8.45. The lowest BCUT2D eigenvalue weighted by atomic mass is 9.89. The third-order valence-electron chi connectivity index (χ3n) is 8.45. The van der Waals surface area contributed by atoms with E-state index in [4.69, 9.17) is 0 Å². The number of para-hydroxylation sites is 3. The van der Waals surface area contributed by atoms with Crippen molar-refractivity contribution >= 4 is 5.78 Å². The van der Waals surface area contributed by atoms with Crippen LogP contribution in [0.4, 0.5) is 0 Å². The number of carbonyl (C=O) groups excluding carboxylic acids is 1. The van der Waals surface area contributed by atoms with Crippen molar-refractivity contribution in [1.29, 1.82) is 0 Å². The molecule has 1 aliphatic carbocycles. The molecule has 8 bridgehead atoms. The number of aliphatic hydroxyl groups excluding tert-OH is 1. The molecular weight excluding hydrogens is 552 g/mol. The Morgan fingerprint density at radius 1 is 0.523 bits per heavy atom. The zero-order valence-electron chi connectivity index (χ0n) is 24.2. The molecule has 0 aliphatic heterocycles. The second-order valence-corrected chi connectivity index (χ2v) is 11.6. The summed E-state index contributed by atoms with van der Waals surface area (Å²) in [7, 11) is 0. The summed E-state index contributed by atoms with van der Waals surface area (Å²) in [5.74, 6) is 0.205. The van der Waals surface area contributed by atoms with Crippen LogP contribution in [0.3, 0.4) is 0 Å². The number of aromatic hydroxyl groups is 4. The molecule has 5 aromatic carbocycles. The maximum Gasteiger partial charge on any atom is 0.165 e. The molecule has 6 heteroatoms. The van der Waals surface area contributed by atoms with Gasteiger partial charge in [0.2, 0.25) is 0 Å². The van der Waals surface area contributed by atoms with Crippen LogP contribution in [0, 0.1) is 0 Å². The number of fused-ring (bicyclic) bond motifs is 8. The summed E-state index contributed by atoms with van der Waals surface area (Å²) in [6, 6.07) is 28.9. The molecule has 0 amide bonds. The maximum absolute atomic E-state index is 12.8. The lowest BCUT2D eigenvalue weighted by Crippen LogP contribution is -2.16. The minimum absolute atomic E-state index is 0.0474. The van der Waals surface area contributed by atoms with Crippen molar-refractivity contribution < 1.29 is 30.3 Å². The van der Waals surface area contributed by atoms with Crippen molar-refractivity contribution in [1.82, 2.24) is 0 Å². The molecule has 5 aromatic rings. The van der Waals surface area contributed by atoms with E-state index in [0.717, 1.165) is 5.56 Å². The van der Waals surface area contributed by atoms with Gasteiger partial charge in [0.15, 0.2) is 5.78 Å². The summed E-state index contributed by atoms with van der Waals surface area (Å²) in [6.45, 7) is 0. The number of carbonyl (C=O) groups is 1. The van der Waals surface area contributed by atoms with Gasteiger partial charge in [-0.05, 0) is 56.5 Å². The fourth-order valence-electron chi connectivity index (χ4n) is 6.13. The molecule has 1 aliphatic rings. The zero-order valence-corrected chi connectivity index (χ0v) is 24.2. The molecule has 0 saturated heterocycles. The molecule has 0 heterocycles. The van der Waals surface area contributed by atoms with Crippen LogP contribution in [0.15, 0.2) is 97.1 Å². The first-order valence-electron chi connectivity index (χ1n) is 14.8. The van der Waals surface area contributed by atoms with Gasteiger partial charge in [-0.25, -0.2) is 0 Å². The molecule has 6 rings (SSSR count). The summed E-state index contributed by atoms with van der Waals surface area (Å²) in [5, 5.41) is 56.1. The summed E-state index contributed by atoms with van der Waals surface area (Å²) >= 11 is 0. The molecule has 0 aromatic heterocycles. The number of rotatable bonds is 5. The third kappa shape index (κ3) is 6.03. The van der Waals surface area contributed by atoms with Gasteiger partial charge in [0, 0.05) is 37.7 Å². The van der Waals surface area contributed by atoms with Gasteiger partial charge in [-0.2, -0.15) is 0 Å². The molecule has 1 atom stereocenters. The van der Waals surface area contributed by atoms with E-state index in [9.17, 15) is 30.3 Å². The molecular formula is C38H34O6. The molecule has 6 nitrogen and oxygen atoms in total. The molecule has 0 fully saturated rings. The number of aliphatic hydroxyl groups is 1. The van der Waals surface area contributed by atoms with E-state index in [0.29, 0.717) is 62.9 Å². The van der Waals surface area contributed by atoms with Crippen molar-refractivity contribution in [2.45, 2.75) is 44.6 Å². The quantitative estimate of drug-likeness (QED) is 0.150. The number of Topliss-reactive ketones (excluding diaryl/α,β-unsaturated/α-hetero) is 1. The highest BCUT2D eigenvalue weighted by atomic mass is 16.3. The summed E-state index contributed by atoms with van der Waals surface area (Å²) < 4.78 is 0. The zero-order chi connectivity index (χ0) is 30.8. The second-order valence-electron chi connectivity index (χ2n) is 11.6. The summed E-state index contributed by atoms with van der Waals surface area (Å²) in [6.07, 6.45) is 0.210. The fourth-order valence-corrected chi connectivity index (χ4v) is 6.13. The van der Waals surface area contributed by atoms with Gasteiger partial charge in [0.05, 0.1) is 6.10 Å². The highest BCUT2D eigenvalue weighted by Crippen LogP contribution is 2.37. The summed E-state index contributed by atoms with van der Waals surface area (Å²) in [5.41, 5.74) is 6.17. The highest BCUT2D eigenvalue weighted by Gasteiger charge is 2.21. The van der Waals surface area contributed by atoms with Crippen molar-refractivity contribution in [3.63, 3.8) is 0 Å². The van der Waals surface area contributed by atoms with Crippen molar-refractivity contribution in [2.75, 3.05) is 0 Å². The Labute approximate surface area is 256 Å². The van der Waals surface area contributed by atoms with Gasteiger partial charge >= 0.3 is 0 Å². The standard InChI is InChI=1S/C38H34O6/c39-33(22-34(40)24-7-2-1-3-8-24)17-23-15-31-20-29-13-5-11-27(36(29)42)18-25-9-4-10-26(35(25)41)19-28-12-6-14-30(37(28)43)21-32(16-23)38(31)44/h1-16,33,39,41-44H,17-22H2. The molecule has 222 valence electrons. The first kappa shape index (κ1) is 29.0. The van der Waals surface area contributed by atoms with E-state index < -0.39 is 6.10 Å². The number of benzene rings is 5. The van der Waals surface area contributed by atoms with E-state index >= 15 is 0 Å². The van der Waals surface area contributed by atoms with Gasteiger partial charge < -0.3 is 25.5 Å². The second kappa shape index (κ2) is 12.3. The van der Waals surface area contributed by atoms with Crippen molar-refractivity contribution in [2.24, 2.45) is 0 Å². The predicted octanol–water partition coefficient (Wildman–Crippen LogP) is 6.36. The average Bonchev–Trinajstić information content (AvgIpc) is 3.01. The van der Waals surface area contributed by atoms with E-state index in [2.05, 4.69) is 0 Å². The van der Waals surface area contributed by atoms with Gasteiger partial charge in [-0.15, -0.1) is 0 Å². The monoisotopic (exact) mass is 586 g/mol. The van der Waals surface area contributed by atoms with Gasteiger partial charge in [-0.3, -0.25) is 4.79 Å². The minimum atomic E-state index is -0.944. The Kier molecular flexibility index (Phi) is 8.09. The van der Waals surface area contributed by atoms with Crippen LogP contribution in [0.25, 0.3) is 0 Å². The van der Waals surface area contributed by atoms with Crippen LogP contribution >= 0.6 is 0 Å². The van der Waals surface area contributed by atoms with E-state index in [1.54, 1.807) is 48.5 Å². The number of hydrogen-bond acceptors (Lipinski definition) is 6. The van der Waals surface area contributed by atoms with Crippen molar-refractivity contribution in [3.8, 4) is 23.0 Å². The average molecular weight is 587 g/mol. The summed E-state index contributed by atoms with van der Waals surface area (Å²) in [4.78, 5) is 12.8. The van der Waals surface area contributed by atoms with Crippen LogP contribution in [0.1, 0.15) is 66.8 Å². The van der Waals surface area contributed by atoms with Crippen LogP contribution in [-0.2, 0) is 32.1 Å². The molecule has 1 unspecified atom stereocenters. The van der Waals surface area contributed by atoms with Gasteiger partial charge in [-0.1, -0.05) is 97.1 Å². The van der Waals surface area contributed by atoms with Gasteiger partial charge in [0.25, 0.3) is 0 Å². The lowest BCUT2D eigenvalue weighted by Gasteiger charge is -2.18. The number of phenols is 4. The molecule has 5 N–H and O–H groups in total. The normalized spacial score (nSPS) is 13.3. The van der Waals surface area contributed by atoms with E-state index in [1.807, 2.05) is 48.5 Å². The topological polar surface area (TPSA) is 118 Å². The number of hydrogen-bond donors (Lipinski definition) is 5. The predicted molar refractivity (Wildman–Crippen MR) is 169 cm³/mol. The maximum atomic E-state index is 12.8. The Bertz CT molecular complexity index is 1750. The SMILES string of the molecule is O=C(CC(O)Cc1cc2c(O)c(c1)Cc1cccc(c1O)Cc1cccc(c1O)Cc1cccc(c1O)C2)c1ccccc1. The van der Waals surface area contributed by atoms with Crippen LogP contribution < -0.4 is 0 Å². The minimum Gasteiger partial charge on any atom is -0.507 e. The first-order chi connectivity index (χ1) is 21.3. The fraction of sp³-hybridized carbons (Fsp3) is 0.184. The van der Waals surface area contributed by atoms with Crippen LogP contribution in [-0.4, -0.2) is 37.4 Å².